The van der Waals surface area contributed by atoms with Crippen molar-refractivity contribution < 1.29 is 13.9 Å². The van der Waals surface area contributed by atoms with Crippen LogP contribution in [0.4, 0.5) is 0 Å². The molecule has 7 heteroatoms. The summed E-state index contributed by atoms with van der Waals surface area (Å²) >= 11 is 0. The molecule has 1 unspecified atom stereocenters. The third-order valence-corrected chi connectivity index (χ3v) is 5.22. The lowest BCUT2D eigenvalue weighted by Gasteiger charge is -2.31. The molecule has 1 N–H and O–H groups in total. The van der Waals surface area contributed by atoms with E-state index in [1.54, 1.807) is 6.07 Å². The number of carbonyl (C=O) groups is 1. The highest BCUT2D eigenvalue weighted by atomic mass is 16.5. The molecule has 1 fully saturated rings. The number of morpholine rings is 1. The summed E-state index contributed by atoms with van der Waals surface area (Å²) in [5.74, 6) is -0.531. The lowest BCUT2D eigenvalue weighted by Crippen LogP contribution is -2.43. The summed E-state index contributed by atoms with van der Waals surface area (Å²) < 4.78 is 12.2. The van der Waals surface area contributed by atoms with Crippen LogP contribution in [-0.2, 0) is 16.1 Å². The van der Waals surface area contributed by atoms with Crippen LogP contribution in [0.15, 0.2) is 63.8 Å². The van der Waals surface area contributed by atoms with Gasteiger partial charge in [0, 0.05) is 32.6 Å². The van der Waals surface area contributed by atoms with Gasteiger partial charge in [-0.15, -0.1) is 0 Å². The summed E-state index contributed by atoms with van der Waals surface area (Å²) in [4.78, 5) is 27.1. The van der Waals surface area contributed by atoms with Crippen molar-refractivity contribution in [1.29, 1.82) is 0 Å². The first-order chi connectivity index (χ1) is 14.2. The minimum atomic E-state index is -0.438. The van der Waals surface area contributed by atoms with Gasteiger partial charge in [-0.3, -0.25) is 14.3 Å². The van der Waals surface area contributed by atoms with Crippen LogP contribution >= 0.6 is 0 Å². The second kappa shape index (κ2) is 9.07. The fourth-order valence-corrected chi connectivity index (χ4v) is 3.67. The number of para-hydroxylation sites is 2. The molecule has 0 saturated carbocycles. The zero-order valence-corrected chi connectivity index (χ0v) is 16.3. The largest absolute Gasteiger partial charge is 0.419 e. The smallest absolute Gasteiger partial charge is 0.408 e. The Morgan fingerprint density at radius 2 is 1.76 bits per heavy atom. The number of fused-ring (bicyclic) bond motifs is 1. The summed E-state index contributed by atoms with van der Waals surface area (Å²) in [5, 5.41) is 3.14. The van der Waals surface area contributed by atoms with Crippen molar-refractivity contribution in [2.45, 2.75) is 19.0 Å². The predicted molar refractivity (Wildman–Crippen MR) is 110 cm³/mol. The van der Waals surface area contributed by atoms with Crippen molar-refractivity contribution in [2.75, 3.05) is 32.8 Å². The van der Waals surface area contributed by atoms with E-state index in [1.165, 1.54) is 4.57 Å². The van der Waals surface area contributed by atoms with E-state index in [0.717, 1.165) is 25.2 Å². The Morgan fingerprint density at radius 1 is 1.03 bits per heavy atom. The second-order valence-electron chi connectivity index (χ2n) is 7.18. The maximum atomic E-state index is 12.7. The molecule has 4 rings (SSSR count). The Bertz CT molecular complexity index is 1010. The summed E-state index contributed by atoms with van der Waals surface area (Å²) in [6.07, 6.45) is 0.204. The molecule has 1 aliphatic heterocycles. The molecule has 2 aromatic carbocycles. The Morgan fingerprint density at radius 3 is 2.55 bits per heavy atom. The van der Waals surface area contributed by atoms with Crippen molar-refractivity contribution in [2.24, 2.45) is 0 Å². The van der Waals surface area contributed by atoms with Crippen LogP contribution in [0.3, 0.4) is 0 Å². The maximum absolute atomic E-state index is 12.7. The Balaban J connectivity index is 1.43. The molecule has 0 bridgehead atoms. The van der Waals surface area contributed by atoms with Gasteiger partial charge in [0.25, 0.3) is 0 Å². The van der Waals surface area contributed by atoms with E-state index in [4.69, 9.17) is 9.15 Å². The van der Waals surface area contributed by atoms with E-state index in [2.05, 4.69) is 10.2 Å². The van der Waals surface area contributed by atoms with E-state index in [0.29, 0.717) is 24.3 Å². The Kier molecular flexibility index (Phi) is 6.07. The molecule has 2 heterocycles. The minimum Gasteiger partial charge on any atom is -0.408 e. The molecular formula is C22H25N3O4. The van der Waals surface area contributed by atoms with Gasteiger partial charge in [-0.1, -0.05) is 42.5 Å². The van der Waals surface area contributed by atoms with Gasteiger partial charge in [-0.2, -0.15) is 0 Å². The standard InChI is InChI=1S/C22H25N3O4/c26-21(10-11-25-19-8-4-5-9-20(19)29-22(25)27)23-18(17-6-2-1-3-7-17)16-24-12-14-28-15-13-24/h1-9,18H,10-16H2,(H,23,26). The van der Waals surface area contributed by atoms with Gasteiger partial charge in [0.1, 0.15) is 0 Å². The van der Waals surface area contributed by atoms with E-state index < -0.39 is 5.76 Å². The molecule has 0 spiro atoms. The van der Waals surface area contributed by atoms with Gasteiger partial charge < -0.3 is 14.5 Å². The van der Waals surface area contributed by atoms with E-state index >= 15 is 0 Å². The molecule has 29 heavy (non-hydrogen) atoms. The zero-order chi connectivity index (χ0) is 20.1. The number of hydrogen-bond donors (Lipinski definition) is 1. The van der Waals surface area contributed by atoms with Crippen molar-refractivity contribution >= 4 is 17.0 Å². The second-order valence-corrected chi connectivity index (χ2v) is 7.18. The summed E-state index contributed by atoms with van der Waals surface area (Å²) in [7, 11) is 0. The number of amides is 1. The molecule has 3 aromatic rings. The average Bonchev–Trinajstić information content (AvgIpc) is 3.08. The number of aryl methyl sites for hydroxylation is 1. The first-order valence-electron chi connectivity index (χ1n) is 9.93. The van der Waals surface area contributed by atoms with Crippen LogP contribution in [-0.4, -0.2) is 48.2 Å². The zero-order valence-electron chi connectivity index (χ0n) is 16.3. The number of hydrogen-bond acceptors (Lipinski definition) is 5. The molecule has 0 radical (unpaired) electrons. The van der Waals surface area contributed by atoms with E-state index in [-0.39, 0.29) is 24.9 Å². The van der Waals surface area contributed by atoms with E-state index in [1.807, 2.05) is 48.5 Å². The number of nitrogens with one attached hydrogen (secondary N) is 1. The van der Waals surface area contributed by atoms with Crippen LogP contribution in [0, 0.1) is 0 Å². The SMILES string of the molecule is O=C(CCn1c(=O)oc2ccccc21)NC(CN1CCOCC1)c1ccccc1. The van der Waals surface area contributed by atoms with Crippen molar-refractivity contribution in [3.8, 4) is 0 Å². The summed E-state index contributed by atoms with van der Waals surface area (Å²) in [5.41, 5.74) is 2.31. The average molecular weight is 395 g/mol. The number of carbonyl (C=O) groups excluding carboxylic acids is 1. The molecule has 1 aliphatic rings. The van der Waals surface area contributed by atoms with Crippen LogP contribution < -0.4 is 11.1 Å². The quantitative estimate of drug-likeness (QED) is 0.664. The Hall–Kier alpha value is -2.90. The lowest BCUT2D eigenvalue weighted by molar-refractivity contribution is -0.122. The number of ether oxygens (including phenoxy) is 1. The number of oxazole rings is 1. The fourth-order valence-electron chi connectivity index (χ4n) is 3.67. The third kappa shape index (κ3) is 4.75. The lowest BCUT2D eigenvalue weighted by atomic mass is 10.1. The molecular weight excluding hydrogens is 370 g/mol. The molecule has 0 aliphatic carbocycles. The third-order valence-electron chi connectivity index (χ3n) is 5.22. The van der Waals surface area contributed by atoms with Crippen molar-refractivity contribution in [3.05, 3.63) is 70.7 Å². The maximum Gasteiger partial charge on any atom is 0.419 e. The van der Waals surface area contributed by atoms with Crippen LogP contribution in [0.2, 0.25) is 0 Å². The number of benzene rings is 2. The highest BCUT2D eigenvalue weighted by molar-refractivity contribution is 5.77. The molecule has 1 amide bonds. The van der Waals surface area contributed by atoms with Crippen LogP contribution in [0.5, 0.6) is 0 Å². The van der Waals surface area contributed by atoms with Gasteiger partial charge in [0.05, 0.1) is 24.8 Å². The highest BCUT2D eigenvalue weighted by Gasteiger charge is 2.20. The first kappa shape index (κ1) is 19.4. The van der Waals surface area contributed by atoms with Gasteiger partial charge >= 0.3 is 5.76 Å². The van der Waals surface area contributed by atoms with Crippen molar-refractivity contribution in [1.82, 2.24) is 14.8 Å². The normalized spacial score (nSPS) is 16.0. The summed E-state index contributed by atoms with van der Waals surface area (Å²) in [6.45, 7) is 4.15. The molecule has 7 nitrogen and oxygen atoms in total. The van der Waals surface area contributed by atoms with Gasteiger partial charge in [-0.05, 0) is 17.7 Å². The molecule has 1 aromatic heterocycles. The van der Waals surface area contributed by atoms with Crippen LogP contribution in [0.25, 0.3) is 11.1 Å². The molecule has 152 valence electrons. The minimum absolute atomic E-state index is 0.0932. The fraction of sp³-hybridized carbons (Fsp3) is 0.364. The van der Waals surface area contributed by atoms with Crippen molar-refractivity contribution in [3.63, 3.8) is 0 Å². The number of aromatic nitrogens is 1. The van der Waals surface area contributed by atoms with Crippen LogP contribution in [0.1, 0.15) is 18.0 Å². The van der Waals surface area contributed by atoms with Gasteiger partial charge in [-0.25, -0.2) is 4.79 Å². The monoisotopic (exact) mass is 395 g/mol. The summed E-state index contributed by atoms with van der Waals surface area (Å²) in [6, 6.07) is 17.1. The number of rotatable bonds is 7. The molecule has 1 atom stereocenters. The predicted octanol–water partition coefficient (Wildman–Crippen LogP) is 2.17. The topological polar surface area (TPSA) is 76.7 Å². The van der Waals surface area contributed by atoms with E-state index in [9.17, 15) is 9.59 Å². The highest BCUT2D eigenvalue weighted by Crippen LogP contribution is 2.16. The van der Waals surface area contributed by atoms with Gasteiger partial charge in [0.15, 0.2) is 5.58 Å². The first-order valence-corrected chi connectivity index (χ1v) is 9.93. The molecule has 1 saturated heterocycles. The number of nitrogens with zero attached hydrogens (tertiary/aromatic N) is 2. The van der Waals surface area contributed by atoms with Gasteiger partial charge in [0.2, 0.25) is 5.91 Å². The Labute approximate surface area is 168 Å².